The number of aromatic nitrogens is 1. The molecule has 1 amide bonds. The Balaban J connectivity index is 2.14. The molecule has 0 saturated heterocycles. The first-order valence-corrected chi connectivity index (χ1v) is 7.03. The minimum atomic E-state index is -0.389. The van der Waals surface area contributed by atoms with Crippen LogP contribution in [0.3, 0.4) is 0 Å². The molecule has 0 saturated carbocycles. The van der Waals surface area contributed by atoms with Gasteiger partial charge < -0.3 is 0 Å². The SMILES string of the molecule is CC1(C)c2ccccc2C(=O)N1c1cncc(CCl)c1. The van der Waals surface area contributed by atoms with Crippen LogP contribution in [0, 0.1) is 0 Å². The van der Waals surface area contributed by atoms with Crippen molar-refractivity contribution in [1.29, 1.82) is 0 Å². The molecule has 0 fully saturated rings. The molecule has 1 aliphatic rings. The number of alkyl halides is 1. The Morgan fingerprint density at radius 3 is 2.70 bits per heavy atom. The highest BCUT2D eigenvalue weighted by Gasteiger charge is 2.43. The second-order valence-corrected chi connectivity index (χ2v) is 5.70. The molecule has 2 heterocycles. The molecular formula is C16H15ClN2O. The van der Waals surface area contributed by atoms with E-state index in [1.807, 2.05) is 44.2 Å². The minimum absolute atomic E-state index is 0.0131. The first kappa shape index (κ1) is 13.1. The van der Waals surface area contributed by atoms with E-state index in [0.717, 1.165) is 22.4 Å². The van der Waals surface area contributed by atoms with Crippen molar-refractivity contribution < 1.29 is 4.79 Å². The first-order valence-electron chi connectivity index (χ1n) is 6.49. The van der Waals surface area contributed by atoms with Gasteiger partial charge >= 0.3 is 0 Å². The van der Waals surface area contributed by atoms with Crippen LogP contribution in [0.15, 0.2) is 42.7 Å². The van der Waals surface area contributed by atoms with E-state index >= 15 is 0 Å². The Morgan fingerprint density at radius 1 is 1.25 bits per heavy atom. The normalized spacial score (nSPS) is 16.4. The van der Waals surface area contributed by atoms with Crippen molar-refractivity contribution in [2.24, 2.45) is 0 Å². The van der Waals surface area contributed by atoms with Crippen molar-refractivity contribution in [3.05, 3.63) is 59.4 Å². The number of hydrogen-bond donors (Lipinski definition) is 0. The van der Waals surface area contributed by atoms with Crippen molar-refractivity contribution in [2.45, 2.75) is 25.3 Å². The number of halogens is 1. The molecule has 0 bridgehead atoms. The molecule has 1 aromatic heterocycles. The molecule has 4 heteroatoms. The van der Waals surface area contributed by atoms with Crippen LogP contribution in [-0.2, 0) is 11.4 Å². The lowest BCUT2D eigenvalue weighted by molar-refractivity contribution is 0.0982. The summed E-state index contributed by atoms with van der Waals surface area (Å²) in [4.78, 5) is 18.7. The van der Waals surface area contributed by atoms with Crippen LogP contribution in [-0.4, -0.2) is 10.9 Å². The first-order chi connectivity index (χ1) is 9.55. The van der Waals surface area contributed by atoms with Crippen LogP contribution in [0.1, 0.15) is 35.3 Å². The highest BCUT2D eigenvalue weighted by atomic mass is 35.5. The van der Waals surface area contributed by atoms with E-state index < -0.39 is 0 Å². The van der Waals surface area contributed by atoms with Gasteiger partial charge in [-0.1, -0.05) is 18.2 Å². The van der Waals surface area contributed by atoms with E-state index in [4.69, 9.17) is 11.6 Å². The lowest BCUT2D eigenvalue weighted by Crippen LogP contribution is -2.39. The van der Waals surface area contributed by atoms with E-state index in [1.165, 1.54) is 0 Å². The molecule has 2 aromatic rings. The van der Waals surface area contributed by atoms with Crippen LogP contribution >= 0.6 is 11.6 Å². The molecule has 0 spiro atoms. The molecule has 0 aliphatic carbocycles. The molecule has 0 N–H and O–H groups in total. The van der Waals surface area contributed by atoms with Gasteiger partial charge in [0.25, 0.3) is 5.91 Å². The van der Waals surface area contributed by atoms with Crippen molar-refractivity contribution in [1.82, 2.24) is 4.98 Å². The van der Waals surface area contributed by atoms with Crippen molar-refractivity contribution in [3.63, 3.8) is 0 Å². The summed E-state index contributed by atoms with van der Waals surface area (Å²) in [5, 5.41) is 0. The third-order valence-electron chi connectivity index (χ3n) is 3.77. The smallest absolute Gasteiger partial charge is 0.259 e. The molecule has 20 heavy (non-hydrogen) atoms. The number of hydrogen-bond acceptors (Lipinski definition) is 2. The molecule has 3 nitrogen and oxygen atoms in total. The van der Waals surface area contributed by atoms with Gasteiger partial charge in [0.1, 0.15) is 0 Å². The van der Waals surface area contributed by atoms with Crippen LogP contribution in [0.4, 0.5) is 5.69 Å². The molecule has 1 aliphatic heterocycles. The summed E-state index contributed by atoms with van der Waals surface area (Å²) in [5.74, 6) is 0.398. The summed E-state index contributed by atoms with van der Waals surface area (Å²) < 4.78 is 0. The van der Waals surface area contributed by atoms with Crippen molar-refractivity contribution in [3.8, 4) is 0 Å². The van der Waals surface area contributed by atoms with Gasteiger partial charge in [0.15, 0.2) is 0 Å². The number of pyridine rings is 1. The zero-order valence-electron chi connectivity index (χ0n) is 11.4. The lowest BCUT2D eigenvalue weighted by Gasteiger charge is -2.32. The van der Waals surface area contributed by atoms with Crippen LogP contribution in [0.5, 0.6) is 0 Å². The van der Waals surface area contributed by atoms with Crippen LogP contribution in [0.25, 0.3) is 0 Å². The Bertz CT molecular complexity index is 682. The number of rotatable bonds is 2. The molecule has 1 aromatic carbocycles. The third-order valence-corrected chi connectivity index (χ3v) is 4.08. The largest absolute Gasteiger partial charge is 0.297 e. The monoisotopic (exact) mass is 286 g/mol. The van der Waals surface area contributed by atoms with Crippen LogP contribution in [0.2, 0.25) is 0 Å². The van der Waals surface area contributed by atoms with Gasteiger partial charge in [0.2, 0.25) is 0 Å². The maximum absolute atomic E-state index is 12.7. The standard InChI is InChI=1S/C16H15ClN2O/c1-16(2)14-6-4-3-5-13(14)15(20)19(16)12-7-11(8-17)9-18-10-12/h3-7,9-10H,8H2,1-2H3. The fourth-order valence-electron chi connectivity index (χ4n) is 2.81. The number of amides is 1. The fraction of sp³-hybridized carbons (Fsp3) is 0.250. The second kappa shape index (κ2) is 4.60. The van der Waals surface area contributed by atoms with Gasteiger partial charge in [-0.3, -0.25) is 14.7 Å². The van der Waals surface area contributed by atoms with Gasteiger partial charge in [-0.2, -0.15) is 0 Å². The Hall–Kier alpha value is -1.87. The van der Waals surface area contributed by atoms with E-state index in [1.54, 1.807) is 17.3 Å². The minimum Gasteiger partial charge on any atom is -0.297 e. The number of benzene rings is 1. The van der Waals surface area contributed by atoms with E-state index in [2.05, 4.69) is 4.98 Å². The number of anilines is 1. The number of nitrogens with zero attached hydrogens (tertiary/aromatic N) is 2. The average Bonchev–Trinajstić information content (AvgIpc) is 2.67. The summed E-state index contributed by atoms with van der Waals surface area (Å²) in [6.07, 6.45) is 3.43. The summed E-state index contributed by atoms with van der Waals surface area (Å²) in [5.41, 5.74) is 3.11. The summed E-state index contributed by atoms with van der Waals surface area (Å²) in [6.45, 7) is 4.09. The molecule has 3 rings (SSSR count). The maximum Gasteiger partial charge on any atom is 0.259 e. The van der Waals surface area contributed by atoms with Gasteiger partial charge in [-0.25, -0.2) is 0 Å². The van der Waals surface area contributed by atoms with E-state index in [9.17, 15) is 4.79 Å². The molecule has 0 radical (unpaired) electrons. The van der Waals surface area contributed by atoms with Gasteiger partial charge in [-0.15, -0.1) is 11.6 Å². The predicted molar refractivity (Wildman–Crippen MR) is 80.1 cm³/mol. The Kier molecular flexibility index (Phi) is 3.02. The number of fused-ring (bicyclic) bond motifs is 1. The van der Waals surface area contributed by atoms with E-state index in [-0.39, 0.29) is 11.4 Å². The quantitative estimate of drug-likeness (QED) is 0.789. The molecule has 0 atom stereocenters. The highest BCUT2D eigenvalue weighted by Crippen LogP contribution is 2.41. The van der Waals surface area contributed by atoms with Crippen molar-refractivity contribution in [2.75, 3.05) is 4.90 Å². The average molecular weight is 287 g/mol. The summed E-state index contributed by atoms with van der Waals surface area (Å²) in [7, 11) is 0. The van der Waals surface area contributed by atoms with Crippen LogP contribution < -0.4 is 4.90 Å². The highest BCUT2D eigenvalue weighted by molar-refractivity contribution is 6.17. The predicted octanol–water partition coefficient (Wildman–Crippen LogP) is 3.72. The Labute approximate surface area is 123 Å². The second-order valence-electron chi connectivity index (χ2n) is 5.43. The molecule has 102 valence electrons. The molecular weight excluding hydrogens is 272 g/mol. The van der Waals surface area contributed by atoms with Crippen molar-refractivity contribution >= 4 is 23.2 Å². The number of carbonyl (C=O) groups is 1. The fourth-order valence-corrected chi connectivity index (χ4v) is 2.95. The zero-order chi connectivity index (χ0) is 14.3. The lowest BCUT2D eigenvalue weighted by atomic mass is 9.93. The summed E-state index contributed by atoms with van der Waals surface area (Å²) in [6, 6.07) is 9.66. The van der Waals surface area contributed by atoms with E-state index in [0.29, 0.717) is 5.88 Å². The molecule has 0 unspecified atom stereocenters. The third kappa shape index (κ3) is 1.81. The Morgan fingerprint density at radius 2 is 2.00 bits per heavy atom. The van der Waals surface area contributed by atoms with Gasteiger partial charge in [-0.05, 0) is 37.1 Å². The zero-order valence-corrected chi connectivity index (χ0v) is 12.2. The topological polar surface area (TPSA) is 33.2 Å². The van der Waals surface area contributed by atoms with Gasteiger partial charge in [0, 0.05) is 17.6 Å². The number of carbonyl (C=O) groups excluding carboxylic acids is 1. The van der Waals surface area contributed by atoms with Gasteiger partial charge in [0.05, 0.1) is 17.4 Å². The summed E-state index contributed by atoms with van der Waals surface area (Å²) >= 11 is 5.86. The maximum atomic E-state index is 12.7.